The number of carbonyl (C=O) groups is 2. The van der Waals surface area contributed by atoms with Gasteiger partial charge in [0, 0.05) is 31.3 Å². The van der Waals surface area contributed by atoms with E-state index in [1.165, 1.54) is 19.2 Å². The van der Waals surface area contributed by atoms with Crippen LogP contribution in [0, 0.1) is 5.82 Å². The first-order valence-electron chi connectivity index (χ1n) is 8.42. The van der Waals surface area contributed by atoms with Gasteiger partial charge in [-0.15, -0.1) is 0 Å². The summed E-state index contributed by atoms with van der Waals surface area (Å²) in [6.07, 6.45) is 0. The molecular formula is C20H21FN2O3. The fourth-order valence-electron chi connectivity index (χ4n) is 3.16. The summed E-state index contributed by atoms with van der Waals surface area (Å²) >= 11 is 0. The van der Waals surface area contributed by atoms with Crippen LogP contribution in [0.1, 0.15) is 17.3 Å². The third-order valence-corrected chi connectivity index (χ3v) is 4.74. The average molecular weight is 356 g/mol. The van der Waals surface area contributed by atoms with Crippen LogP contribution in [0.25, 0.3) is 11.1 Å². The van der Waals surface area contributed by atoms with Crippen LogP contribution in [-0.2, 0) is 4.79 Å². The second-order valence-corrected chi connectivity index (χ2v) is 6.36. The molecule has 1 heterocycles. The maximum absolute atomic E-state index is 13.6. The molecule has 0 N–H and O–H groups in total. The number of hydrogen-bond donors (Lipinski definition) is 0. The Labute approximate surface area is 152 Å². The number of carbonyl (C=O) groups excluding carboxylic acids is 2. The Hall–Kier alpha value is -2.89. The normalized spacial score (nSPS) is 17.4. The first kappa shape index (κ1) is 17.9. The van der Waals surface area contributed by atoms with Crippen molar-refractivity contribution in [3.8, 4) is 16.9 Å². The number of amides is 2. The van der Waals surface area contributed by atoms with E-state index < -0.39 is 6.04 Å². The van der Waals surface area contributed by atoms with E-state index >= 15 is 0 Å². The highest BCUT2D eigenvalue weighted by Crippen LogP contribution is 2.31. The molecule has 1 aliphatic heterocycles. The number of rotatable bonds is 3. The van der Waals surface area contributed by atoms with Crippen molar-refractivity contribution in [2.24, 2.45) is 0 Å². The van der Waals surface area contributed by atoms with Gasteiger partial charge in [0.2, 0.25) is 5.91 Å². The number of nitrogens with zero attached hydrogens (tertiary/aromatic N) is 2. The van der Waals surface area contributed by atoms with E-state index in [0.29, 0.717) is 30.0 Å². The largest absolute Gasteiger partial charge is 0.496 e. The maximum Gasteiger partial charge on any atom is 0.254 e. The Morgan fingerprint density at radius 1 is 1.15 bits per heavy atom. The number of methoxy groups -OCH3 is 1. The second kappa shape index (κ2) is 7.15. The van der Waals surface area contributed by atoms with Crippen LogP contribution in [0.3, 0.4) is 0 Å². The number of likely N-dealkylation sites (N-methyl/N-ethyl adjacent to an activating group) is 1. The molecule has 1 saturated heterocycles. The molecule has 0 saturated carbocycles. The molecule has 0 unspecified atom stereocenters. The molecule has 2 aromatic rings. The molecular weight excluding hydrogens is 335 g/mol. The molecule has 136 valence electrons. The van der Waals surface area contributed by atoms with E-state index in [9.17, 15) is 14.0 Å². The average Bonchev–Trinajstić information content (AvgIpc) is 2.66. The number of ether oxygens (including phenoxy) is 1. The topological polar surface area (TPSA) is 49.9 Å². The molecule has 0 bridgehead atoms. The minimum absolute atomic E-state index is 0.0642. The Balaban J connectivity index is 1.85. The van der Waals surface area contributed by atoms with Crippen molar-refractivity contribution in [2.75, 3.05) is 27.2 Å². The summed E-state index contributed by atoms with van der Waals surface area (Å²) < 4.78 is 18.9. The van der Waals surface area contributed by atoms with Crippen LogP contribution in [0.4, 0.5) is 4.39 Å². The number of piperazine rings is 1. The van der Waals surface area contributed by atoms with Gasteiger partial charge in [0.25, 0.3) is 5.91 Å². The minimum Gasteiger partial charge on any atom is -0.496 e. The Morgan fingerprint density at radius 3 is 2.50 bits per heavy atom. The van der Waals surface area contributed by atoms with Gasteiger partial charge >= 0.3 is 0 Å². The van der Waals surface area contributed by atoms with E-state index in [-0.39, 0.29) is 17.6 Å². The summed E-state index contributed by atoms with van der Waals surface area (Å²) in [6, 6.07) is 10.7. The van der Waals surface area contributed by atoms with Gasteiger partial charge in [-0.1, -0.05) is 12.1 Å². The lowest BCUT2D eigenvalue weighted by molar-refractivity contribution is -0.137. The van der Waals surface area contributed by atoms with E-state index in [1.54, 1.807) is 54.1 Å². The summed E-state index contributed by atoms with van der Waals surface area (Å²) in [5, 5.41) is 0. The van der Waals surface area contributed by atoms with Crippen LogP contribution in [0.5, 0.6) is 5.75 Å². The predicted molar refractivity (Wildman–Crippen MR) is 96.5 cm³/mol. The van der Waals surface area contributed by atoms with Crippen molar-refractivity contribution in [2.45, 2.75) is 13.0 Å². The SMILES string of the molecule is COc1ccc(F)cc1-c1ccc(C(=O)N2CCN(C)C(=O)[C@@H]2C)cc1. The molecule has 1 atom stereocenters. The molecule has 2 aromatic carbocycles. The highest BCUT2D eigenvalue weighted by atomic mass is 19.1. The third kappa shape index (κ3) is 3.27. The highest BCUT2D eigenvalue weighted by Gasteiger charge is 2.32. The summed E-state index contributed by atoms with van der Waals surface area (Å²) in [5.74, 6) is -0.0445. The van der Waals surface area contributed by atoms with Crippen LogP contribution in [0.2, 0.25) is 0 Å². The molecule has 0 aromatic heterocycles. The van der Waals surface area contributed by atoms with E-state index in [2.05, 4.69) is 0 Å². The minimum atomic E-state index is -0.482. The third-order valence-electron chi connectivity index (χ3n) is 4.74. The number of benzene rings is 2. The lowest BCUT2D eigenvalue weighted by Gasteiger charge is -2.37. The van der Waals surface area contributed by atoms with Crippen molar-refractivity contribution < 1.29 is 18.7 Å². The fraction of sp³-hybridized carbons (Fsp3) is 0.300. The fourth-order valence-corrected chi connectivity index (χ4v) is 3.16. The standard InChI is InChI=1S/C20H21FN2O3/c1-13-19(24)22(2)10-11-23(13)20(25)15-6-4-14(5-7-15)17-12-16(21)8-9-18(17)26-3/h4-9,12-13H,10-11H2,1-3H3/t13-/m0/s1. The van der Waals surface area contributed by atoms with Crippen LogP contribution in [-0.4, -0.2) is 54.9 Å². The van der Waals surface area contributed by atoms with Crippen molar-refractivity contribution >= 4 is 11.8 Å². The van der Waals surface area contributed by atoms with Gasteiger partial charge in [-0.25, -0.2) is 4.39 Å². The molecule has 1 fully saturated rings. The first-order chi connectivity index (χ1) is 12.4. The van der Waals surface area contributed by atoms with Crippen molar-refractivity contribution in [1.29, 1.82) is 0 Å². The second-order valence-electron chi connectivity index (χ2n) is 6.36. The summed E-state index contributed by atoms with van der Waals surface area (Å²) in [7, 11) is 3.27. The maximum atomic E-state index is 13.6. The van der Waals surface area contributed by atoms with Crippen molar-refractivity contribution in [3.05, 3.63) is 53.8 Å². The monoisotopic (exact) mass is 356 g/mol. The van der Waals surface area contributed by atoms with E-state index in [4.69, 9.17) is 4.74 Å². The molecule has 0 radical (unpaired) electrons. The number of halogens is 1. The zero-order chi connectivity index (χ0) is 18.8. The number of hydrogen-bond acceptors (Lipinski definition) is 3. The Kier molecular flexibility index (Phi) is 4.93. The van der Waals surface area contributed by atoms with Crippen molar-refractivity contribution in [3.63, 3.8) is 0 Å². The lowest BCUT2D eigenvalue weighted by Crippen LogP contribution is -2.56. The Bertz CT molecular complexity index is 835. The predicted octanol–water partition coefficient (Wildman–Crippen LogP) is 2.80. The van der Waals surface area contributed by atoms with Gasteiger partial charge < -0.3 is 14.5 Å². The quantitative estimate of drug-likeness (QED) is 0.850. The van der Waals surface area contributed by atoms with Gasteiger partial charge in [-0.2, -0.15) is 0 Å². The molecule has 26 heavy (non-hydrogen) atoms. The molecule has 6 heteroatoms. The van der Waals surface area contributed by atoms with E-state index in [1.807, 2.05) is 0 Å². The van der Waals surface area contributed by atoms with Gasteiger partial charge in [0.15, 0.2) is 0 Å². The Morgan fingerprint density at radius 2 is 1.85 bits per heavy atom. The van der Waals surface area contributed by atoms with E-state index in [0.717, 1.165) is 5.56 Å². The molecule has 5 nitrogen and oxygen atoms in total. The van der Waals surface area contributed by atoms with Crippen LogP contribution < -0.4 is 4.74 Å². The summed E-state index contributed by atoms with van der Waals surface area (Å²) in [4.78, 5) is 28.1. The lowest BCUT2D eigenvalue weighted by atomic mass is 10.0. The highest BCUT2D eigenvalue weighted by molar-refractivity contribution is 5.98. The zero-order valence-corrected chi connectivity index (χ0v) is 15.0. The zero-order valence-electron chi connectivity index (χ0n) is 15.0. The smallest absolute Gasteiger partial charge is 0.254 e. The van der Waals surface area contributed by atoms with Crippen LogP contribution >= 0.6 is 0 Å². The first-order valence-corrected chi connectivity index (χ1v) is 8.42. The summed E-state index contributed by atoms with van der Waals surface area (Å²) in [5.41, 5.74) is 1.86. The molecule has 0 spiro atoms. The van der Waals surface area contributed by atoms with Gasteiger partial charge in [0.1, 0.15) is 17.6 Å². The molecule has 0 aliphatic carbocycles. The van der Waals surface area contributed by atoms with Gasteiger partial charge in [-0.3, -0.25) is 9.59 Å². The van der Waals surface area contributed by atoms with Crippen LogP contribution in [0.15, 0.2) is 42.5 Å². The van der Waals surface area contributed by atoms with Gasteiger partial charge in [0.05, 0.1) is 7.11 Å². The van der Waals surface area contributed by atoms with Gasteiger partial charge in [-0.05, 0) is 42.8 Å². The molecule has 1 aliphatic rings. The molecule has 2 amide bonds. The van der Waals surface area contributed by atoms with Crippen molar-refractivity contribution in [1.82, 2.24) is 9.80 Å². The summed E-state index contributed by atoms with van der Waals surface area (Å²) in [6.45, 7) is 2.76. The molecule has 3 rings (SSSR count).